The molecule has 0 saturated heterocycles. The minimum atomic E-state index is -0.205. The van der Waals surface area contributed by atoms with Crippen LogP contribution in [0.1, 0.15) is 52.9 Å². The van der Waals surface area contributed by atoms with Gasteiger partial charge in [-0.05, 0) is 43.0 Å². The molecule has 0 radical (unpaired) electrons. The Hall–Kier alpha value is -3.86. The highest BCUT2D eigenvalue weighted by atomic mass is 16.2. The van der Waals surface area contributed by atoms with E-state index in [1.807, 2.05) is 78.7 Å². The fourth-order valence-corrected chi connectivity index (χ4v) is 4.93. The normalized spacial score (nSPS) is 16.0. The molecule has 0 aliphatic carbocycles. The maximum atomic E-state index is 13.3. The lowest BCUT2D eigenvalue weighted by Crippen LogP contribution is -2.37. The van der Waals surface area contributed by atoms with Gasteiger partial charge in [-0.2, -0.15) is 0 Å². The second kappa shape index (κ2) is 9.56. The van der Waals surface area contributed by atoms with E-state index in [1.54, 1.807) is 0 Å². The molecule has 2 heterocycles. The van der Waals surface area contributed by atoms with Crippen LogP contribution in [0.15, 0.2) is 85.1 Å². The molecule has 5 nitrogen and oxygen atoms in total. The number of H-pyrrole nitrogens is 1. The van der Waals surface area contributed by atoms with E-state index in [9.17, 15) is 9.59 Å². The summed E-state index contributed by atoms with van der Waals surface area (Å²) in [6, 6.07) is 26.1. The van der Waals surface area contributed by atoms with E-state index in [2.05, 4.69) is 28.5 Å². The number of amides is 2. The molecule has 0 saturated carbocycles. The summed E-state index contributed by atoms with van der Waals surface area (Å²) in [4.78, 5) is 31.2. The third-order valence-electron chi connectivity index (χ3n) is 6.67. The van der Waals surface area contributed by atoms with Crippen LogP contribution < -0.4 is 5.32 Å². The molecular weight excluding hydrogens is 422 g/mol. The molecule has 3 aromatic carbocycles. The van der Waals surface area contributed by atoms with Crippen LogP contribution in [0.3, 0.4) is 0 Å². The molecule has 5 rings (SSSR count). The van der Waals surface area contributed by atoms with Gasteiger partial charge in [0.25, 0.3) is 5.91 Å². The Kier molecular flexibility index (Phi) is 6.17. The van der Waals surface area contributed by atoms with Gasteiger partial charge in [0.2, 0.25) is 5.91 Å². The Bertz CT molecular complexity index is 1310. The number of aromatic nitrogens is 1. The van der Waals surface area contributed by atoms with Crippen LogP contribution in [-0.4, -0.2) is 34.3 Å². The first-order chi connectivity index (χ1) is 16.6. The minimum absolute atomic E-state index is 0.0178. The van der Waals surface area contributed by atoms with Gasteiger partial charge in [-0.15, -0.1) is 0 Å². The van der Waals surface area contributed by atoms with Crippen molar-refractivity contribution < 1.29 is 9.59 Å². The van der Waals surface area contributed by atoms with Crippen LogP contribution in [-0.2, 0) is 11.2 Å². The van der Waals surface area contributed by atoms with Crippen molar-refractivity contribution in [2.24, 2.45) is 0 Å². The predicted molar refractivity (Wildman–Crippen MR) is 135 cm³/mol. The van der Waals surface area contributed by atoms with E-state index in [1.165, 1.54) is 5.56 Å². The van der Waals surface area contributed by atoms with Crippen LogP contribution in [0.2, 0.25) is 0 Å². The van der Waals surface area contributed by atoms with Gasteiger partial charge in [-0.3, -0.25) is 9.59 Å². The van der Waals surface area contributed by atoms with Gasteiger partial charge in [-0.1, -0.05) is 66.7 Å². The van der Waals surface area contributed by atoms with Gasteiger partial charge in [0, 0.05) is 47.2 Å². The molecule has 2 N–H and O–H groups in total. The monoisotopic (exact) mass is 451 g/mol. The average molecular weight is 452 g/mol. The average Bonchev–Trinajstić information content (AvgIpc) is 3.41. The summed E-state index contributed by atoms with van der Waals surface area (Å²) in [6.07, 6.45) is 4.06. The lowest BCUT2D eigenvalue weighted by Gasteiger charge is -2.25. The van der Waals surface area contributed by atoms with Crippen LogP contribution in [0.25, 0.3) is 10.9 Å². The lowest BCUT2D eigenvalue weighted by molar-refractivity contribution is -0.121. The highest BCUT2D eigenvalue weighted by Crippen LogP contribution is 2.41. The largest absolute Gasteiger partial charge is 0.361 e. The molecule has 34 heavy (non-hydrogen) atoms. The molecule has 0 unspecified atom stereocenters. The topological polar surface area (TPSA) is 65.2 Å². The van der Waals surface area contributed by atoms with Gasteiger partial charge in [0.15, 0.2) is 0 Å². The third-order valence-corrected chi connectivity index (χ3v) is 6.67. The molecular formula is C29H29N3O2. The molecule has 0 bridgehead atoms. The zero-order chi connectivity index (χ0) is 23.5. The number of nitrogens with zero attached hydrogens (tertiary/aromatic N) is 1. The van der Waals surface area contributed by atoms with Crippen molar-refractivity contribution in [2.75, 3.05) is 6.54 Å². The first-order valence-corrected chi connectivity index (χ1v) is 11.9. The summed E-state index contributed by atoms with van der Waals surface area (Å²) in [5, 5.41) is 4.20. The number of nitrogens with one attached hydrogen (secondary N) is 2. The van der Waals surface area contributed by atoms with E-state index >= 15 is 0 Å². The SMILES string of the molecule is C[C@@H](CCc1ccccc1)NC(=O)CCN1C(=O)c2ccccc2[C@@H]1c1c[nH]c2ccccc12. The Morgan fingerprint density at radius 2 is 1.71 bits per heavy atom. The van der Waals surface area contributed by atoms with Gasteiger partial charge in [0.1, 0.15) is 0 Å². The molecule has 4 aromatic rings. The van der Waals surface area contributed by atoms with E-state index < -0.39 is 0 Å². The van der Waals surface area contributed by atoms with Gasteiger partial charge >= 0.3 is 0 Å². The fraction of sp³-hybridized carbons (Fsp3) is 0.241. The fourth-order valence-electron chi connectivity index (χ4n) is 4.93. The van der Waals surface area contributed by atoms with Crippen molar-refractivity contribution in [1.29, 1.82) is 0 Å². The Labute approximate surface area is 199 Å². The minimum Gasteiger partial charge on any atom is -0.361 e. The number of carbonyl (C=O) groups excluding carboxylic acids is 2. The molecule has 2 amide bonds. The quantitative estimate of drug-likeness (QED) is 0.385. The van der Waals surface area contributed by atoms with Gasteiger partial charge < -0.3 is 15.2 Å². The molecule has 5 heteroatoms. The standard InChI is InChI=1S/C29H29N3O2/c1-20(15-16-21-9-3-2-4-10-21)31-27(33)17-18-32-28(23-12-5-6-13-24(23)29(32)34)25-19-30-26-14-8-7-11-22(25)26/h2-14,19-20,28,30H,15-18H2,1H3,(H,31,33)/t20-,28+/m0/s1. The van der Waals surface area contributed by atoms with E-state index in [4.69, 9.17) is 0 Å². The van der Waals surface area contributed by atoms with E-state index in [0.29, 0.717) is 6.54 Å². The molecule has 0 spiro atoms. The number of aromatic amines is 1. The number of fused-ring (bicyclic) bond motifs is 2. The van der Waals surface area contributed by atoms with Crippen molar-refractivity contribution in [3.63, 3.8) is 0 Å². The molecule has 1 aromatic heterocycles. The first-order valence-electron chi connectivity index (χ1n) is 11.9. The maximum absolute atomic E-state index is 13.3. The summed E-state index contributed by atoms with van der Waals surface area (Å²) in [5.74, 6) is -0.0437. The summed E-state index contributed by atoms with van der Waals surface area (Å²) in [5.41, 5.74) is 5.08. The van der Waals surface area contributed by atoms with Gasteiger partial charge in [-0.25, -0.2) is 0 Å². The van der Waals surface area contributed by atoms with Crippen molar-refractivity contribution in [3.8, 4) is 0 Å². The molecule has 2 atom stereocenters. The smallest absolute Gasteiger partial charge is 0.255 e. The van der Waals surface area contributed by atoms with Crippen LogP contribution in [0.5, 0.6) is 0 Å². The highest BCUT2D eigenvalue weighted by Gasteiger charge is 2.38. The third kappa shape index (κ3) is 4.34. The summed E-state index contributed by atoms with van der Waals surface area (Å²) < 4.78 is 0. The Morgan fingerprint density at radius 3 is 2.56 bits per heavy atom. The molecule has 0 fully saturated rings. The number of hydrogen-bond donors (Lipinski definition) is 2. The highest BCUT2D eigenvalue weighted by molar-refractivity contribution is 6.01. The summed E-state index contributed by atoms with van der Waals surface area (Å²) in [6.45, 7) is 2.40. The number of rotatable bonds is 8. The van der Waals surface area contributed by atoms with Crippen molar-refractivity contribution in [3.05, 3.63) is 107 Å². The van der Waals surface area contributed by atoms with Crippen molar-refractivity contribution in [1.82, 2.24) is 15.2 Å². The molecule has 1 aliphatic heterocycles. The Balaban J connectivity index is 1.28. The van der Waals surface area contributed by atoms with Crippen LogP contribution >= 0.6 is 0 Å². The number of para-hydroxylation sites is 1. The molecule has 1 aliphatic rings. The second-order valence-electron chi connectivity index (χ2n) is 9.02. The van der Waals surface area contributed by atoms with Crippen molar-refractivity contribution in [2.45, 2.75) is 38.3 Å². The predicted octanol–water partition coefficient (Wildman–Crippen LogP) is 5.24. The number of carbonyl (C=O) groups is 2. The summed E-state index contributed by atoms with van der Waals surface area (Å²) in [7, 11) is 0. The maximum Gasteiger partial charge on any atom is 0.255 e. The first kappa shape index (κ1) is 22.0. The number of aryl methyl sites for hydroxylation is 1. The van der Waals surface area contributed by atoms with Crippen LogP contribution in [0.4, 0.5) is 0 Å². The second-order valence-corrected chi connectivity index (χ2v) is 9.02. The zero-order valence-electron chi connectivity index (χ0n) is 19.3. The molecule has 172 valence electrons. The summed E-state index contributed by atoms with van der Waals surface area (Å²) >= 11 is 0. The number of benzene rings is 3. The van der Waals surface area contributed by atoms with E-state index in [-0.39, 0.29) is 30.3 Å². The zero-order valence-corrected chi connectivity index (χ0v) is 19.3. The van der Waals surface area contributed by atoms with Crippen LogP contribution in [0, 0.1) is 0 Å². The Morgan fingerprint density at radius 1 is 0.971 bits per heavy atom. The van der Waals surface area contributed by atoms with Crippen molar-refractivity contribution >= 4 is 22.7 Å². The van der Waals surface area contributed by atoms with Gasteiger partial charge in [0.05, 0.1) is 6.04 Å². The number of hydrogen-bond acceptors (Lipinski definition) is 2. The lowest BCUT2D eigenvalue weighted by atomic mass is 9.97. The van der Waals surface area contributed by atoms with E-state index in [0.717, 1.165) is 40.4 Å².